The van der Waals surface area contributed by atoms with Gasteiger partial charge in [-0.3, -0.25) is 0 Å². The van der Waals surface area contributed by atoms with Crippen LogP contribution in [0.1, 0.15) is 13.3 Å². The lowest BCUT2D eigenvalue weighted by atomic mass is 9.89. The second-order valence-corrected chi connectivity index (χ2v) is 7.57. The van der Waals surface area contributed by atoms with Gasteiger partial charge < -0.3 is 0 Å². The smallest absolute Gasteiger partial charge is 0.232 e. The van der Waals surface area contributed by atoms with Crippen LogP contribution in [-0.2, 0) is 0 Å². The van der Waals surface area contributed by atoms with Gasteiger partial charge in [0.15, 0.2) is 3.68 Å². The van der Waals surface area contributed by atoms with E-state index in [0.717, 1.165) is 0 Å². The fourth-order valence-electron chi connectivity index (χ4n) is 1.50. The van der Waals surface area contributed by atoms with Crippen LogP contribution in [0.4, 0.5) is 70.2 Å². The van der Waals surface area contributed by atoms with Gasteiger partial charge in [-0.25, -0.2) is 4.39 Å². The molecule has 1 atom stereocenters. The number of rotatable bonds is 7. The number of halogens is 17. The normalized spacial score (nSPS) is 18.4. The lowest BCUT2D eigenvalue weighted by Crippen LogP contribution is -2.72. The molecule has 0 aromatic carbocycles. The van der Waals surface area contributed by atoms with Crippen LogP contribution in [0.2, 0.25) is 0 Å². The summed E-state index contributed by atoms with van der Waals surface area (Å²) in [5, 5.41) is 0. The van der Waals surface area contributed by atoms with Crippen molar-refractivity contribution < 1.29 is 70.2 Å². The maximum atomic E-state index is 13.2. The van der Waals surface area contributed by atoms with E-state index < -0.39 is 51.8 Å². The van der Waals surface area contributed by atoms with E-state index in [1.54, 1.807) is 0 Å². The Kier molecular flexibility index (Phi) is 6.47. The molecule has 17 heteroatoms. The van der Waals surface area contributed by atoms with E-state index in [0.29, 0.717) is 22.6 Å². The fraction of sp³-hybridized carbons (Fsp3) is 1.00. The molecule has 0 spiro atoms. The Hall–Kier alpha value is -0.390. The summed E-state index contributed by atoms with van der Waals surface area (Å²) in [5.41, 5.74) is 0. The number of hydrogen-bond donors (Lipinski definition) is 0. The minimum Gasteiger partial charge on any atom is -0.232 e. The van der Waals surface area contributed by atoms with Crippen LogP contribution in [0, 0.1) is 0 Å². The Bertz CT molecular complexity index is 538. The topological polar surface area (TPSA) is 0 Å². The monoisotopic (exact) mass is 556 g/mol. The van der Waals surface area contributed by atoms with Crippen molar-refractivity contribution in [3.05, 3.63) is 0 Å². The maximum absolute atomic E-state index is 13.2. The molecule has 0 rings (SSSR count). The van der Waals surface area contributed by atoms with E-state index in [4.69, 9.17) is 0 Å². The average molecular weight is 556 g/mol. The zero-order valence-corrected chi connectivity index (χ0v) is 14.3. The first-order chi connectivity index (χ1) is 11.2. The van der Waals surface area contributed by atoms with E-state index >= 15 is 0 Å². The zero-order chi connectivity index (χ0) is 22.7. The summed E-state index contributed by atoms with van der Waals surface area (Å²) in [6.45, 7) is 0.0419. The standard InChI is InChI=1S/C10H5F16I/c1-3(11,27)2-4(12,13)5(14,15)6(16,17)7(18,19)8(20,21)9(22,23)10(24,25)26/h2H2,1H3. The van der Waals surface area contributed by atoms with Crippen molar-refractivity contribution >= 4 is 22.6 Å². The Morgan fingerprint density at radius 2 is 0.741 bits per heavy atom. The SMILES string of the molecule is CC(F)(I)CC(F)(F)C(F)(F)C(F)(F)C(F)(F)C(F)(F)C(F)(F)C(F)(F)F. The molecule has 0 amide bonds. The van der Waals surface area contributed by atoms with Crippen LogP contribution in [-0.4, -0.2) is 45.4 Å². The Labute approximate surface area is 152 Å². The van der Waals surface area contributed by atoms with Gasteiger partial charge in [0.05, 0.1) is 6.42 Å². The Balaban J connectivity index is 6.47. The van der Waals surface area contributed by atoms with Crippen LogP contribution < -0.4 is 0 Å². The first kappa shape index (κ1) is 26.6. The van der Waals surface area contributed by atoms with Crippen molar-refractivity contribution in [1.82, 2.24) is 0 Å². The van der Waals surface area contributed by atoms with Crippen molar-refractivity contribution in [3.63, 3.8) is 0 Å². The predicted octanol–water partition coefficient (Wildman–Crippen LogP) is 6.87. The van der Waals surface area contributed by atoms with E-state index in [-0.39, 0.29) is 6.92 Å². The molecule has 0 radical (unpaired) electrons. The highest BCUT2D eigenvalue weighted by atomic mass is 127. The summed E-state index contributed by atoms with van der Waals surface area (Å²) in [7, 11) is 0. The molecule has 27 heavy (non-hydrogen) atoms. The minimum atomic E-state index is -8.34. The molecule has 164 valence electrons. The molecule has 0 bridgehead atoms. The van der Waals surface area contributed by atoms with Crippen LogP contribution >= 0.6 is 22.6 Å². The molecule has 0 N–H and O–H groups in total. The van der Waals surface area contributed by atoms with Gasteiger partial charge in [0.2, 0.25) is 0 Å². The maximum Gasteiger partial charge on any atom is 0.460 e. The van der Waals surface area contributed by atoms with Crippen molar-refractivity contribution in [3.8, 4) is 0 Å². The van der Waals surface area contributed by atoms with Gasteiger partial charge in [-0.15, -0.1) is 0 Å². The van der Waals surface area contributed by atoms with Gasteiger partial charge in [0, 0.05) is 0 Å². The lowest BCUT2D eigenvalue weighted by molar-refractivity contribution is -0.452. The van der Waals surface area contributed by atoms with Crippen LogP contribution in [0.15, 0.2) is 0 Å². The minimum absolute atomic E-state index is 0.0419. The third-order valence-electron chi connectivity index (χ3n) is 2.93. The molecule has 0 aromatic rings. The second kappa shape index (κ2) is 6.56. The molecular formula is C10H5F16I. The molecular weight excluding hydrogens is 551 g/mol. The molecule has 0 saturated heterocycles. The first-order valence-corrected chi connectivity index (χ1v) is 7.00. The molecule has 0 saturated carbocycles. The van der Waals surface area contributed by atoms with Crippen molar-refractivity contribution in [2.75, 3.05) is 0 Å². The Morgan fingerprint density at radius 1 is 0.481 bits per heavy atom. The van der Waals surface area contributed by atoms with Gasteiger partial charge in [-0.05, 0) is 29.5 Å². The van der Waals surface area contributed by atoms with Crippen molar-refractivity contribution in [1.29, 1.82) is 0 Å². The summed E-state index contributed by atoms with van der Waals surface area (Å²) in [5.74, 6) is -47.0. The predicted molar refractivity (Wildman–Crippen MR) is 63.9 cm³/mol. The molecule has 0 fully saturated rings. The third kappa shape index (κ3) is 4.02. The van der Waals surface area contributed by atoms with Crippen LogP contribution in [0.25, 0.3) is 0 Å². The van der Waals surface area contributed by atoms with Crippen LogP contribution in [0.5, 0.6) is 0 Å². The number of hydrogen-bond acceptors (Lipinski definition) is 0. The quantitative estimate of drug-likeness (QED) is 0.183. The van der Waals surface area contributed by atoms with Gasteiger partial charge in [0.1, 0.15) is 0 Å². The third-order valence-corrected chi connectivity index (χ3v) is 3.31. The lowest BCUT2D eigenvalue weighted by Gasteiger charge is -2.42. The van der Waals surface area contributed by atoms with E-state index in [9.17, 15) is 70.2 Å². The first-order valence-electron chi connectivity index (χ1n) is 5.92. The van der Waals surface area contributed by atoms with Crippen molar-refractivity contribution in [2.24, 2.45) is 0 Å². The summed E-state index contributed by atoms with van der Waals surface area (Å²) in [4.78, 5) is 0. The largest absolute Gasteiger partial charge is 0.460 e. The molecule has 0 aromatic heterocycles. The van der Waals surface area contributed by atoms with Crippen molar-refractivity contribution in [2.45, 2.75) is 58.7 Å². The van der Waals surface area contributed by atoms with E-state index in [1.165, 1.54) is 0 Å². The zero-order valence-electron chi connectivity index (χ0n) is 12.1. The number of alkyl halides is 17. The van der Waals surface area contributed by atoms with Gasteiger partial charge >= 0.3 is 41.7 Å². The summed E-state index contributed by atoms with van der Waals surface area (Å²) >= 11 is 0.301. The Morgan fingerprint density at radius 3 is 1.00 bits per heavy atom. The molecule has 0 nitrogen and oxygen atoms in total. The molecule has 0 heterocycles. The highest BCUT2D eigenvalue weighted by Gasteiger charge is 2.93. The van der Waals surface area contributed by atoms with E-state index in [2.05, 4.69) is 0 Å². The molecule has 0 aliphatic rings. The van der Waals surface area contributed by atoms with Gasteiger partial charge in [-0.2, -0.15) is 65.9 Å². The summed E-state index contributed by atoms with van der Waals surface area (Å²) < 4.78 is 201. The molecule has 0 aliphatic heterocycles. The summed E-state index contributed by atoms with van der Waals surface area (Å²) in [6.07, 6.45) is -10.6. The summed E-state index contributed by atoms with van der Waals surface area (Å²) in [6, 6.07) is 0. The fourth-order valence-corrected chi connectivity index (χ4v) is 1.98. The molecule has 1 unspecified atom stereocenters. The van der Waals surface area contributed by atoms with Crippen LogP contribution in [0.3, 0.4) is 0 Å². The van der Waals surface area contributed by atoms with E-state index in [1.807, 2.05) is 0 Å². The molecule has 0 aliphatic carbocycles. The highest BCUT2D eigenvalue weighted by Crippen LogP contribution is 2.63. The highest BCUT2D eigenvalue weighted by molar-refractivity contribution is 14.1. The second-order valence-electron chi connectivity index (χ2n) is 5.32. The van der Waals surface area contributed by atoms with Gasteiger partial charge in [-0.1, -0.05) is 0 Å². The van der Waals surface area contributed by atoms with Gasteiger partial charge in [0.25, 0.3) is 0 Å². The average Bonchev–Trinajstić information content (AvgIpc) is 2.33.